The Bertz CT molecular complexity index is 2790. The second kappa shape index (κ2) is 16.4. The van der Waals surface area contributed by atoms with Gasteiger partial charge in [-0.15, -0.1) is 0 Å². The van der Waals surface area contributed by atoms with Crippen molar-refractivity contribution in [1.29, 1.82) is 0 Å². The molecule has 0 spiro atoms. The number of amides is 2. The molecule has 2 aliphatic heterocycles. The molecule has 7 rings (SSSR count). The summed E-state index contributed by atoms with van der Waals surface area (Å²) in [6.45, 7) is 3.12. The number of anilines is 4. The van der Waals surface area contributed by atoms with Crippen LogP contribution in [-0.2, 0) is 30.3 Å². The van der Waals surface area contributed by atoms with Gasteiger partial charge in [0.2, 0.25) is 11.1 Å². The molecule has 1 aliphatic carbocycles. The van der Waals surface area contributed by atoms with E-state index in [2.05, 4.69) is 21.3 Å². The number of aromatic carboxylic acids is 2. The Balaban J connectivity index is 1.41. The minimum atomic E-state index is -2.43. The number of carboxylic acids is 2. The lowest BCUT2D eigenvalue weighted by atomic mass is 9.80. The van der Waals surface area contributed by atoms with Crippen molar-refractivity contribution in [2.24, 2.45) is 0 Å². The van der Waals surface area contributed by atoms with E-state index in [1.165, 1.54) is 60.7 Å². The average molecular weight is 857 g/mol. The van der Waals surface area contributed by atoms with E-state index in [9.17, 15) is 64.5 Å². The molecule has 3 aliphatic rings. The highest BCUT2D eigenvalue weighted by Gasteiger charge is 2.56. The molecule has 0 bridgehead atoms. The molecule has 0 radical (unpaired) electrons. The number of aliphatic hydroxyl groups excluding tert-OH is 2. The van der Waals surface area contributed by atoms with Crippen LogP contribution in [0.25, 0.3) is 0 Å². The Morgan fingerprint density at radius 3 is 1.59 bits per heavy atom. The third-order valence-corrected chi connectivity index (χ3v) is 11.0. The number of benzene rings is 4. The lowest BCUT2D eigenvalue weighted by Crippen LogP contribution is -2.49. The zero-order valence-electron chi connectivity index (χ0n) is 33.5. The molecule has 17 heteroatoms. The first kappa shape index (κ1) is 43.1. The van der Waals surface area contributed by atoms with E-state index < -0.39 is 70.1 Å². The summed E-state index contributed by atoms with van der Waals surface area (Å²) in [4.78, 5) is 81.8. The molecule has 0 fully saturated rings. The van der Waals surface area contributed by atoms with E-state index in [1.54, 1.807) is 13.8 Å². The van der Waals surface area contributed by atoms with Crippen LogP contribution in [0.5, 0.6) is 17.2 Å². The smallest absolute Gasteiger partial charge is 0.337 e. The number of nitrogens with one attached hydrogen (secondary N) is 4. The highest BCUT2D eigenvalue weighted by atomic mass is 16.4. The van der Waals surface area contributed by atoms with Gasteiger partial charge in [0.1, 0.15) is 17.2 Å². The van der Waals surface area contributed by atoms with Gasteiger partial charge in [0, 0.05) is 35.0 Å². The Labute approximate surface area is 358 Å². The normalized spacial score (nSPS) is 24.9. The van der Waals surface area contributed by atoms with Crippen molar-refractivity contribution in [3.05, 3.63) is 148 Å². The van der Waals surface area contributed by atoms with E-state index in [0.29, 0.717) is 11.1 Å². The van der Waals surface area contributed by atoms with E-state index in [4.69, 9.17) is 0 Å². The van der Waals surface area contributed by atoms with Crippen molar-refractivity contribution in [3.8, 4) is 17.2 Å². The molecule has 63 heavy (non-hydrogen) atoms. The van der Waals surface area contributed by atoms with Gasteiger partial charge < -0.3 is 57.0 Å². The number of rotatable bonds is 6. The van der Waals surface area contributed by atoms with Crippen LogP contribution in [-0.4, -0.2) is 71.1 Å². The molecule has 4 aromatic carbocycles. The Morgan fingerprint density at radius 2 is 1.10 bits per heavy atom. The number of carboxylic acid groups (broad SMARTS) is 2. The maximum Gasteiger partial charge on any atom is 0.337 e. The fourth-order valence-corrected chi connectivity index (χ4v) is 8.00. The molecule has 2 heterocycles. The zero-order chi connectivity index (χ0) is 45.5. The predicted octanol–water partition coefficient (Wildman–Crippen LogP) is 5.42. The largest absolute Gasteiger partial charge is 0.508 e. The van der Waals surface area contributed by atoms with Crippen LogP contribution in [0, 0.1) is 0 Å². The number of para-hydroxylation sites is 1. The first-order valence-electron chi connectivity index (χ1n) is 19.3. The average Bonchev–Trinajstić information content (AvgIpc) is 3.67. The van der Waals surface area contributed by atoms with E-state index in [0.717, 1.165) is 42.5 Å². The fraction of sp³-hybridized carbons (Fsp3) is 0.174. The first-order valence-corrected chi connectivity index (χ1v) is 19.3. The van der Waals surface area contributed by atoms with E-state index >= 15 is 0 Å². The number of aromatic hydroxyl groups is 3. The third kappa shape index (κ3) is 7.77. The van der Waals surface area contributed by atoms with Crippen molar-refractivity contribution in [1.82, 2.24) is 0 Å². The van der Waals surface area contributed by atoms with Gasteiger partial charge in [0.25, 0.3) is 11.8 Å². The van der Waals surface area contributed by atoms with Crippen molar-refractivity contribution >= 4 is 58.1 Å². The molecule has 322 valence electrons. The van der Waals surface area contributed by atoms with Crippen LogP contribution in [0.3, 0.4) is 0 Å². The topological polar surface area (TPSA) is 292 Å². The summed E-state index contributed by atoms with van der Waals surface area (Å²) in [5.41, 5.74) is -5.57. The number of phenolic OH excluding ortho intramolecular Hbond substituents is 3. The number of phenols is 3. The van der Waals surface area contributed by atoms with Crippen molar-refractivity contribution in [2.45, 2.75) is 50.0 Å². The summed E-state index contributed by atoms with van der Waals surface area (Å²) >= 11 is 0. The number of hydrogen-bond donors (Lipinski definition) is 11. The van der Waals surface area contributed by atoms with Gasteiger partial charge in [-0.25, -0.2) is 9.59 Å². The van der Waals surface area contributed by atoms with E-state index in [-0.39, 0.29) is 74.7 Å². The minimum Gasteiger partial charge on any atom is -0.508 e. The SMILES string of the molecule is CC1=C/C[C@H](O)c2cc(O)cc3c2[C@@](Nc2ccccc2C(=O)O)(C(=O)/C=C\C(C)=C\C[C@H](O)c2cc(O)cc4c2[C@](Nc2cc(O)cc(C(=O)O)c2)(C(=O)/C=C\1)C(=O)N4)C(=O)N3. The van der Waals surface area contributed by atoms with Crippen LogP contribution in [0.2, 0.25) is 0 Å². The first-order chi connectivity index (χ1) is 29.8. The summed E-state index contributed by atoms with van der Waals surface area (Å²) in [5, 5.41) is 86.0. The van der Waals surface area contributed by atoms with Gasteiger partial charge in [0.05, 0.1) is 40.4 Å². The third-order valence-electron chi connectivity index (χ3n) is 11.0. The molecule has 4 aromatic rings. The van der Waals surface area contributed by atoms with Crippen LogP contribution < -0.4 is 21.3 Å². The summed E-state index contributed by atoms with van der Waals surface area (Å²) < 4.78 is 0. The van der Waals surface area contributed by atoms with Gasteiger partial charge >= 0.3 is 11.9 Å². The standard InChI is InChI=1S/C46H40N4O13/c1-22-8-12-36(55)31-19-28(53)21-34-40(31)46(44(63)48-34,50-32-6-4-3-5-29(32)42(60)61)38(57)14-10-23(2)7-11-35(54)30-18-27(52)20-33-39(30)45(43(62)47-33,37(56)13-9-22)49-25-15-24(41(58)59)16-26(51)17-25/h3-10,13-21,35-36,49-55H,11-12H2,1-2H3,(H,47,62)(H,48,63)(H,58,59)(H,60,61)/b13-9-,14-10-,22-8-,23-7+/t35-,36-,45+,46-/m0/s1. The van der Waals surface area contributed by atoms with Crippen molar-refractivity contribution < 1.29 is 64.5 Å². The fourth-order valence-electron chi connectivity index (χ4n) is 8.00. The van der Waals surface area contributed by atoms with Crippen molar-refractivity contribution in [3.63, 3.8) is 0 Å². The number of carbonyl (C=O) groups excluding carboxylic acids is 4. The van der Waals surface area contributed by atoms with Gasteiger partial charge in [-0.05, 0) is 86.4 Å². The summed E-state index contributed by atoms with van der Waals surface area (Å²) in [6.07, 6.45) is 4.14. The lowest BCUT2D eigenvalue weighted by Gasteiger charge is -2.30. The molecular weight excluding hydrogens is 817 g/mol. The second-order valence-corrected chi connectivity index (χ2v) is 15.3. The number of allylic oxidation sites excluding steroid dienone is 4. The van der Waals surface area contributed by atoms with Gasteiger partial charge in [-0.2, -0.15) is 0 Å². The van der Waals surface area contributed by atoms with Gasteiger partial charge in [-0.3, -0.25) is 19.2 Å². The van der Waals surface area contributed by atoms with Crippen LogP contribution in [0.4, 0.5) is 22.7 Å². The Kier molecular flexibility index (Phi) is 11.2. The lowest BCUT2D eigenvalue weighted by molar-refractivity contribution is -0.130. The minimum absolute atomic E-state index is 0.0454. The molecule has 4 atom stereocenters. The summed E-state index contributed by atoms with van der Waals surface area (Å²) in [7, 11) is 0. The monoisotopic (exact) mass is 856 g/mol. The molecule has 0 saturated carbocycles. The maximum atomic E-state index is 14.6. The zero-order valence-corrected chi connectivity index (χ0v) is 33.5. The molecule has 0 saturated heterocycles. The van der Waals surface area contributed by atoms with Crippen molar-refractivity contribution in [2.75, 3.05) is 21.3 Å². The highest BCUT2D eigenvalue weighted by Crippen LogP contribution is 2.48. The predicted molar refractivity (Wildman–Crippen MR) is 228 cm³/mol. The Hall–Kier alpha value is -8.02. The van der Waals surface area contributed by atoms with Gasteiger partial charge in [0.15, 0.2) is 11.6 Å². The number of ketones is 2. The molecule has 11 N–H and O–H groups in total. The van der Waals surface area contributed by atoms with Gasteiger partial charge in [-0.1, -0.05) is 47.6 Å². The summed E-state index contributed by atoms with van der Waals surface area (Å²) in [6, 6.07) is 13.4. The number of carbonyl (C=O) groups is 6. The Morgan fingerprint density at radius 1 is 0.619 bits per heavy atom. The second-order valence-electron chi connectivity index (χ2n) is 15.3. The quantitative estimate of drug-likeness (QED) is 0.108. The summed E-state index contributed by atoms with van der Waals surface area (Å²) in [5.74, 6) is -7.81. The molecule has 2 amide bonds. The highest BCUT2D eigenvalue weighted by molar-refractivity contribution is 6.27. The van der Waals surface area contributed by atoms with Crippen LogP contribution >= 0.6 is 0 Å². The molecule has 0 aromatic heterocycles. The number of hydrogen-bond acceptors (Lipinski definition) is 13. The molecular formula is C46H40N4O13. The number of aliphatic hydroxyl groups is 2. The molecule has 0 unspecified atom stereocenters. The van der Waals surface area contributed by atoms with Crippen LogP contribution in [0.15, 0.2) is 114 Å². The van der Waals surface area contributed by atoms with Crippen LogP contribution in [0.1, 0.15) is 81.9 Å². The molecule has 17 nitrogen and oxygen atoms in total. The maximum absolute atomic E-state index is 14.6. The van der Waals surface area contributed by atoms with E-state index in [1.807, 2.05) is 0 Å².